The van der Waals surface area contributed by atoms with Crippen LogP contribution in [0.5, 0.6) is 5.75 Å². The van der Waals surface area contributed by atoms with Gasteiger partial charge in [0.15, 0.2) is 5.96 Å². The van der Waals surface area contributed by atoms with Crippen molar-refractivity contribution in [2.75, 3.05) is 6.54 Å². The largest absolute Gasteiger partial charge is 0.508 e. The molecule has 0 spiro atoms. The lowest BCUT2D eigenvalue weighted by molar-refractivity contribution is -0.143. The summed E-state index contributed by atoms with van der Waals surface area (Å²) < 4.78 is 0. The summed E-state index contributed by atoms with van der Waals surface area (Å²) in [5.74, 6) is -11.5. The van der Waals surface area contributed by atoms with E-state index >= 15 is 0 Å². The van der Waals surface area contributed by atoms with E-state index in [1.165, 1.54) is 50.6 Å². The molecule has 0 saturated heterocycles. The summed E-state index contributed by atoms with van der Waals surface area (Å²) in [4.78, 5) is 146. The van der Waals surface area contributed by atoms with Gasteiger partial charge < -0.3 is 85.8 Å². The number of nitrogens with two attached hydrogens (primary N) is 4. The number of hydrogen-bond acceptors (Lipinski definition) is 15. The number of aliphatic carboxylic acids is 1. The zero-order valence-corrected chi connectivity index (χ0v) is 45.6. The number of phenols is 1. The number of benzene rings is 2. The van der Waals surface area contributed by atoms with Gasteiger partial charge in [0.1, 0.15) is 54.1 Å². The number of aromatic nitrogens is 2. The maximum atomic E-state index is 14.4. The van der Waals surface area contributed by atoms with Crippen LogP contribution >= 0.6 is 0 Å². The van der Waals surface area contributed by atoms with Crippen molar-refractivity contribution >= 4 is 65.1 Å². The van der Waals surface area contributed by atoms with Crippen molar-refractivity contribution in [3.63, 3.8) is 0 Å². The van der Waals surface area contributed by atoms with Crippen molar-refractivity contribution in [3.05, 3.63) is 83.9 Å². The summed E-state index contributed by atoms with van der Waals surface area (Å²) in [6, 6.07) is 0.947. The first-order valence-electron chi connectivity index (χ1n) is 25.9. The van der Waals surface area contributed by atoms with Crippen LogP contribution < -0.4 is 65.5 Å². The minimum absolute atomic E-state index is 0.113. The molecule has 2 aromatic carbocycles. The molecule has 438 valence electrons. The summed E-state index contributed by atoms with van der Waals surface area (Å²) in [6.45, 7) is 9.21. The second kappa shape index (κ2) is 32.3. The number of aromatic amines is 1. The van der Waals surface area contributed by atoms with Gasteiger partial charge in [-0.15, -0.1) is 0 Å². The first-order valence-corrected chi connectivity index (χ1v) is 25.9. The fourth-order valence-corrected chi connectivity index (χ4v) is 7.88. The normalized spacial score (nSPS) is 15.2. The van der Waals surface area contributed by atoms with Crippen LogP contribution in [-0.4, -0.2) is 157 Å². The van der Waals surface area contributed by atoms with Gasteiger partial charge >= 0.3 is 5.97 Å². The van der Waals surface area contributed by atoms with Crippen LogP contribution in [0.3, 0.4) is 0 Å². The summed E-state index contributed by atoms with van der Waals surface area (Å²) >= 11 is 0. The lowest BCUT2D eigenvalue weighted by Crippen LogP contribution is -2.63. The lowest BCUT2D eigenvalue weighted by Gasteiger charge is -2.31. The van der Waals surface area contributed by atoms with Gasteiger partial charge in [-0.1, -0.05) is 76.6 Å². The molecular weight excluding hydrogens is 1040 g/mol. The molecule has 11 unspecified atom stereocenters. The van der Waals surface area contributed by atoms with Gasteiger partial charge in [0.05, 0.1) is 24.9 Å². The summed E-state index contributed by atoms with van der Waals surface area (Å²) in [5.41, 5.74) is 23.6. The quantitative estimate of drug-likeness (QED) is 0.0160. The van der Waals surface area contributed by atoms with Crippen molar-refractivity contribution in [1.29, 1.82) is 0 Å². The molecule has 3 rings (SSSR count). The number of carboxylic acids is 1. The molecule has 0 radical (unpaired) electrons. The molecule has 1 heterocycles. The Kier molecular flexibility index (Phi) is 26.5. The van der Waals surface area contributed by atoms with E-state index in [-0.39, 0.29) is 50.4 Å². The smallest absolute Gasteiger partial charge is 0.326 e. The predicted molar refractivity (Wildman–Crippen MR) is 291 cm³/mol. The van der Waals surface area contributed by atoms with E-state index < -0.39 is 138 Å². The Hall–Kier alpha value is -8.66. The van der Waals surface area contributed by atoms with Gasteiger partial charge in [-0.2, -0.15) is 0 Å². The summed E-state index contributed by atoms with van der Waals surface area (Å²) in [5, 5.41) is 50.5. The van der Waals surface area contributed by atoms with Gasteiger partial charge in [-0.3, -0.25) is 48.1 Å². The van der Waals surface area contributed by atoms with E-state index in [0.717, 1.165) is 0 Å². The Bertz CT molecular complexity index is 2600. The molecule has 20 N–H and O–H groups in total. The van der Waals surface area contributed by atoms with Gasteiger partial charge in [-0.25, -0.2) is 9.78 Å². The second-order valence-electron chi connectivity index (χ2n) is 19.7. The minimum Gasteiger partial charge on any atom is -0.508 e. The number of carboxylic acid groups (broad SMARTS) is 1. The Labute approximate surface area is 462 Å². The SMILES string of the molecule is CCC(C)C(NC(=O)C(CC(N)=O)NC(=O)C(Cc1ccc(O)cc1)NC(=O)C(Cc1cnc[nH]1)NC(=O)C(C)NC(=O)C(N)CCCN=C(N)N)C(=O)NC(C(=O)NC(C(=O)NC(Cc1ccccc1)C(=O)O)C(C)O)C(C)C. The number of amides is 9. The van der Waals surface area contributed by atoms with E-state index in [1.54, 1.807) is 58.0 Å². The molecule has 0 aliphatic carbocycles. The molecule has 80 heavy (non-hydrogen) atoms. The van der Waals surface area contributed by atoms with Crippen molar-refractivity contribution < 1.29 is 63.3 Å². The molecule has 1 aromatic heterocycles. The van der Waals surface area contributed by atoms with Crippen LogP contribution in [0.15, 0.2) is 72.1 Å². The monoisotopic (exact) mass is 1120 g/mol. The standard InChI is InChI=1S/C52H77N15O13/c1-7-27(4)41(49(77)65-40(26(2)3)48(76)67-42(29(6)68)50(78)64-38(51(79)80)21-30-12-9-8-10-13-30)66-47(75)37(23-39(54)70)63-45(73)35(20-31-15-17-33(69)18-16-31)62-46(74)36(22-32-24-57-25-59-32)61-43(71)28(5)60-44(72)34(53)14-11-19-58-52(55)56/h8-10,12-13,15-18,24-29,34-38,40-42,68-69H,7,11,14,19-23,53H2,1-6H3,(H2,54,70)(H,57,59)(H,60,72)(H,61,71)(H,62,74)(H,63,73)(H,64,78)(H,65,77)(H,66,75)(H,67,76)(H,79,80)(H4,55,56,58). The van der Waals surface area contributed by atoms with Gasteiger partial charge in [-0.05, 0) is 61.8 Å². The van der Waals surface area contributed by atoms with Crippen molar-refractivity contribution in [2.45, 2.75) is 147 Å². The number of nitrogens with zero attached hydrogens (tertiary/aromatic N) is 2. The highest BCUT2D eigenvalue weighted by atomic mass is 16.4. The maximum absolute atomic E-state index is 14.4. The molecule has 0 bridgehead atoms. The molecule has 28 nitrogen and oxygen atoms in total. The van der Waals surface area contributed by atoms with Crippen LogP contribution in [0.2, 0.25) is 0 Å². The number of carbonyl (C=O) groups excluding carboxylic acids is 9. The van der Waals surface area contributed by atoms with Gasteiger partial charge in [0.2, 0.25) is 53.2 Å². The fraction of sp³-hybridized carbons (Fsp3) is 0.500. The minimum atomic E-state index is -1.78. The zero-order valence-electron chi connectivity index (χ0n) is 45.6. The number of phenolic OH excluding ortho intramolecular Hbond substituents is 1. The lowest BCUT2D eigenvalue weighted by atomic mass is 9.95. The van der Waals surface area contributed by atoms with Crippen LogP contribution in [0, 0.1) is 11.8 Å². The Balaban J connectivity index is 1.87. The highest BCUT2D eigenvalue weighted by Crippen LogP contribution is 2.15. The highest BCUT2D eigenvalue weighted by molar-refractivity contribution is 5.99. The Morgan fingerprint density at radius 3 is 1.68 bits per heavy atom. The Morgan fingerprint density at radius 2 is 1.12 bits per heavy atom. The van der Waals surface area contributed by atoms with E-state index in [1.807, 2.05) is 0 Å². The fourth-order valence-electron chi connectivity index (χ4n) is 7.88. The molecule has 9 amide bonds. The van der Waals surface area contributed by atoms with Gasteiger partial charge in [0.25, 0.3) is 0 Å². The van der Waals surface area contributed by atoms with Crippen molar-refractivity contribution in [2.24, 2.45) is 39.8 Å². The number of H-pyrrole nitrogens is 1. The maximum Gasteiger partial charge on any atom is 0.326 e. The number of aliphatic imine (C=N–C) groups is 1. The predicted octanol–water partition coefficient (Wildman–Crippen LogP) is -3.53. The third-order valence-electron chi connectivity index (χ3n) is 12.7. The molecule has 0 saturated carbocycles. The number of primary amides is 1. The third kappa shape index (κ3) is 22.0. The molecule has 11 atom stereocenters. The topological polar surface area (TPSA) is 473 Å². The van der Waals surface area contributed by atoms with Crippen molar-refractivity contribution in [3.8, 4) is 5.75 Å². The number of guanidine groups is 1. The van der Waals surface area contributed by atoms with Crippen LogP contribution in [-0.2, 0) is 67.2 Å². The van der Waals surface area contributed by atoms with Crippen LogP contribution in [0.4, 0.5) is 0 Å². The van der Waals surface area contributed by atoms with E-state index in [9.17, 15) is 63.3 Å². The number of aliphatic hydroxyl groups is 1. The van der Waals surface area contributed by atoms with Crippen molar-refractivity contribution in [1.82, 2.24) is 52.5 Å². The third-order valence-corrected chi connectivity index (χ3v) is 12.7. The number of carbonyl (C=O) groups is 10. The zero-order chi connectivity index (χ0) is 59.8. The highest BCUT2D eigenvalue weighted by Gasteiger charge is 2.38. The van der Waals surface area contributed by atoms with E-state index in [0.29, 0.717) is 23.2 Å². The number of nitrogens with one attached hydrogen (secondary N) is 9. The van der Waals surface area contributed by atoms with Crippen LogP contribution in [0.25, 0.3) is 0 Å². The van der Waals surface area contributed by atoms with E-state index in [4.69, 9.17) is 22.9 Å². The molecule has 3 aromatic rings. The first kappa shape index (κ1) is 65.6. The molecular formula is C52H77N15O13. The van der Waals surface area contributed by atoms with E-state index in [2.05, 4.69) is 57.5 Å². The molecule has 0 aliphatic rings. The molecule has 0 fully saturated rings. The van der Waals surface area contributed by atoms with Crippen LogP contribution in [0.1, 0.15) is 84.0 Å². The summed E-state index contributed by atoms with van der Waals surface area (Å²) in [6.07, 6.45) is 0.544. The number of imidazole rings is 1. The average molecular weight is 1120 g/mol. The first-order chi connectivity index (χ1) is 37.7. The number of aliphatic hydroxyl groups excluding tert-OH is 1. The molecule has 0 aliphatic heterocycles. The number of rotatable bonds is 33. The van der Waals surface area contributed by atoms with Gasteiger partial charge in [0, 0.05) is 37.7 Å². The summed E-state index contributed by atoms with van der Waals surface area (Å²) in [7, 11) is 0. The average Bonchev–Trinajstić information content (AvgIpc) is 3.92. The Morgan fingerprint density at radius 1 is 0.613 bits per heavy atom. The number of aromatic hydroxyl groups is 1. The second-order valence-corrected chi connectivity index (χ2v) is 19.7. The molecule has 28 heteroatoms. The number of hydrogen-bond donors (Lipinski definition) is 16.